The second-order valence-electron chi connectivity index (χ2n) is 9.83. The van der Waals surface area contributed by atoms with Crippen molar-refractivity contribution in [2.75, 3.05) is 0 Å². The van der Waals surface area contributed by atoms with Gasteiger partial charge in [-0.05, 0) is 42.0 Å². The highest BCUT2D eigenvalue weighted by molar-refractivity contribution is 6.46. The quantitative estimate of drug-likeness (QED) is 0.357. The lowest BCUT2D eigenvalue weighted by Crippen LogP contribution is -2.29. The number of ketones is 1. The Morgan fingerprint density at radius 3 is 2.29 bits per heavy atom. The van der Waals surface area contributed by atoms with Gasteiger partial charge in [0, 0.05) is 31.7 Å². The van der Waals surface area contributed by atoms with Crippen LogP contribution in [0.15, 0.2) is 54.4 Å². The van der Waals surface area contributed by atoms with Gasteiger partial charge in [-0.15, -0.1) is 0 Å². The molecule has 1 N–H and O–H groups in total. The number of benzene rings is 1. The molecule has 0 aliphatic carbocycles. The molecule has 0 spiro atoms. The lowest BCUT2D eigenvalue weighted by molar-refractivity contribution is -0.140. The van der Waals surface area contributed by atoms with E-state index in [4.69, 9.17) is 0 Å². The first-order valence-corrected chi connectivity index (χ1v) is 11.3. The summed E-state index contributed by atoms with van der Waals surface area (Å²) in [5.41, 5.74) is 4.54. The van der Waals surface area contributed by atoms with Gasteiger partial charge in [-0.1, -0.05) is 51.1 Å². The highest BCUT2D eigenvalue weighted by Crippen LogP contribution is 2.41. The molecule has 0 saturated carbocycles. The average molecular weight is 459 g/mol. The van der Waals surface area contributed by atoms with Crippen LogP contribution in [0, 0.1) is 13.8 Å². The number of nitrogens with zero attached hydrogens (tertiary/aromatic N) is 4. The molecular formula is C27H30N4O3. The molecule has 1 aromatic carbocycles. The fraction of sp³-hybridized carbons (Fsp3) is 0.333. The molecule has 34 heavy (non-hydrogen) atoms. The van der Waals surface area contributed by atoms with Crippen molar-refractivity contribution < 1.29 is 14.7 Å². The zero-order chi connectivity index (χ0) is 24.8. The first-order valence-electron chi connectivity index (χ1n) is 11.3. The Morgan fingerprint density at radius 2 is 1.76 bits per heavy atom. The maximum absolute atomic E-state index is 13.3. The number of aryl methyl sites for hydroxylation is 2. The number of rotatable bonds is 4. The van der Waals surface area contributed by atoms with Crippen molar-refractivity contribution in [3.63, 3.8) is 0 Å². The average Bonchev–Trinajstić information content (AvgIpc) is 3.19. The standard InChI is InChI=1S/C27H30N4O3/c1-16-21(17(2)30(6)29-16)24(32)22-23(19-9-11-20(12-10-19)27(3,4)5)31(26(34)25(22)33)15-18-8-7-13-28-14-18/h7-14,23,32H,15H2,1-6H3/t23-/m0/s1. The van der Waals surface area contributed by atoms with Gasteiger partial charge in [0.15, 0.2) is 0 Å². The van der Waals surface area contributed by atoms with E-state index in [-0.39, 0.29) is 23.3 Å². The second-order valence-corrected chi connectivity index (χ2v) is 9.83. The Hall–Kier alpha value is -3.74. The molecule has 3 aromatic rings. The molecule has 1 amide bonds. The number of pyridine rings is 1. The molecule has 1 atom stereocenters. The number of aliphatic hydroxyl groups is 1. The Balaban J connectivity index is 1.90. The summed E-state index contributed by atoms with van der Waals surface area (Å²) in [5.74, 6) is -1.54. The molecule has 4 rings (SSSR count). The van der Waals surface area contributed by atoms with Crippen LogP contribution < -0.4 is 0 Å². The van der Waals surface area contributed by atoms with Crippen LogP contribution in [0.1, 0.15) is 60.5 Å². The molecule has 7 nitrogen and oxygen atoms in total. The summed E-state index contributed by atoms with van der Waals surface area (Å²) < 4.78 is 1.66. The van der Waals surface area contributed by atoms with Crippen molar-refractivity contribution in [3.8, 4) is 0 Å². The summed E-state index contributed by atoms with van der Waals surface area (Å²) in [4.78, 5) is 32.2. The van der Waals surface area contributed by atoms with Crippen LogP contribution in [0.2, 0.25) is 0 Å². The fourth-order valence-corrected chi connectivity index (χ4v) is 4.49. The molecule has 1 aliphatic rings. The monoisotopic (exact) mass is 458 g/mol. The summed E-state index contributed by atoms with van der Waals surface area (Å²) >= 11 is 0. The lowest BCUT2D eigenvalue weighted by Gasteiger charge is -2.26. The summed E-state index contributed by atoms with van der Waals surface area (Å²) in [7, 11) is 1.78. The molecule has 1 aliphatic heterocycles. The SMILES string of the molecule is Cc1nn(C)c(C)c1C(O)=C1C(=O)C(=O)N(Cc2cccnc2)[C@H]1c1ccc(C(C)(C)C)cc1. The molecule has 0 radical (unpaired) electrons. The van der Waals surface area contributed by atoms with E-state index in [0.717, 1.165) is 22.4 Å². The number of carbonyl (C=O) groups excluding carboxylic acids is 2. The molecule has 7 heteroatoms. The van der Waals surface area contributed by atoms with E-state index in [1.807, 2.05) is 37.3 Å². The van der Waals surface area contributed by atoms with Crippen molar-refractivity contribution >= 4 is 17.4 Å². The third kappa shape index (κ3) is 4.02. The first kappa shape index (κ1) is 23.4. The number of amides is 1. The largest absolute Gasteiger partial charge is 0.507 e. The van der Waals surface area contributed by atoms with Gasteiger partial charge in [0.1, 0.15) is 5.76 Å². The Labute approximate surface area is 199 Å². The number of aromatic nitrogens is 3. The number of likely N-dealkylation sites (tertiary alicyclic amines) is 1. The number of hydrogen-bond donors (Lipinski definition) is 1. The zero-order valence-corrected chi connectivity index (χ0v) is 20.5. The van der Waals surface area contributed by atoms with Crippen LogP contribution in [-0.4, -0.2) is 36.5 Å². The highest BCUT2D eigenvalue weighted by Gasteiger charge is 2.46. The van der Waals surface area contributed by atoms with E-state index in [2.05, 4.69) is 30.9 Å². The van der Waals surface area contributed by atoms with Crippen molar-refractivity contribution in [2.24, 2.45) is 7.05 Å². The van der Waals surface area contributed by atoms with Gasteiger partial charge >= 0.3 is 0 Å². The van der Waals surface area contributed by atoms with Gasteiger partial charge in [0.2, 0.25) is 0 Å². The second kappa shape index (κ2) is 8.56. The van der Waals surface area contributed by atoms with Crippen LogP contribution in [0.5, 0.6) is 0 Å². The highest BCUT2D eigenvalue weighted by atomic mass is 16.3. The number of hydrogen-bond acceptors (Lipinski definition) is 5. The molecule has 1 saturated heterocycles. The number of carbonyl (C=O) groups is 2. The van der Waals surface area contributed by atoms with Crippen LogP contribution in [0.25, 0.3) is 5.76 Å². The van der Waals surface area contributed by atoms with Gasteiger partial charge < -0.3 is 10.0 Å². The smallest absolute Gasteiger partial charge is 0.295 e. The predicted octanol–water partition coefficient (Wildman–Crippen LogP) is 4.35. The predicted molar refractivity (Wildman–Crippen MR) is 130 cm³/mol. The van der Waals surface area contributed by atoms with Gasteiger partial charge in [-0.2, -0.15) is 5.10 Å². The lowest BCUT2D eigenvalue weighted by atomic mass is 9.85. The van der Waals surface area contributed by atoms with Crippen LogP contribution in [0.3, 0.4) is 0 Å². The van der Waals surface area contributed by atoms with Crippen molar-refractivity contribution in [2.45, 2.75) is 52.6 Å². The van der Waals surface area contributed by atoms with Crippen LogP contribution >= 0.6 is 0 Å². The minimum absolute atomic E-state index is 0.0417. The van der Waals surface area contributed by atoms with Crippen molar-refractivity contribution in [3.05, 3.63) is 88.0 Å². The fourth-order valence-electron chi connectivity index (χ4n) is 4.49. The molecule has 3 heterocycles. The van der Waals surface area contributed by atoms with Gasteiger partial charge in [0.05, 0.1) is 22.9 Å². The van der Waals surface area contributed by atoms with E-state index < -0.39 is 17.7 Å². The Morgan fingerprint density at radius 1 is 1.09 bits per heavy atom. The van der Waals surface area contributed by atoms with E-state index in [1.165, 1.54) is 4.90 Å². The minimum Gasteiger partial charge on any atom is -0.507 e. The van der Waals surface area contributed by atoms with Gasteiger partial charge in [0.25, 0.3) is 11.7 Å². The topological polar surface area (TPSA) is 88.3 Å². The number of aliphatic hydroxyl groups excluding tert-OH is 1. The third-order valence-electron chi connectivity index (χ3n) is 6.45. The van der Waals surface area contributed by atoms with E-state index in [9.17, 15) is 14.7 Å². The molecule has 1 fully saturated rings. The van der Waals surface area contributed by atoms with Crippen LogP contribution in [0.4, 0.5) is 0 Å². The van der Waals surface area contributed by atoms with E-state index >= 15 is 0 Å². The molecule has 2 aromatic heterocycles. The minimum atomic E-state index is -0.728. The Bertz CT molecular complexity index is 1280. The summed E-state index contributed by atoms with van der Waals surface area (Å²) in [5, 5.41) is 15.8. The molecule has 0 bridgehead atoms. The van der Waals surface area contributed by atoms with Crippen LogP contribution in [-0.2, 0) is 28.6 Å². The zero-order valence-electron chi connectivity index (χ0n) is 20.5. The maximum Gasteiger partial charge on any atom is 0.295 e. The maximum atomic E-state index is 13.3. The first-order chi connectivity index (χ1) is 16.0. The third-order valence-corrected chi connectivity index (χ3v) is 6.45. The molecule has 0 unspecified atom stereocenters. The summed E-state index contributed by atoms with van der Waals surface area (Å²) in [6, 6.07) is 10.8. The van der Waals surface area contributed by atoms with Crippen molar-refractivity contribution in [1.82, 2.24) is 19.7 Å². The van der Waals surface area contributed by atoms with E-state index in [1.54, 1.807) is 37.1 Å². The van der Waals surface area contributed by atoms with Crippen molar-refractivity contribution in [1.29, 1.82) is 0 Å². The van der Waals surface area contributed by atoms with E-state index in [0.29, 0.717) is 11.3 Å². The van der Waals surface area contributed by atoms with Gasteiger partial charge in [-0.3, -0.25) is 19.3 Å². The number of Topliss-reactive ketones (excluding diaryl/α,β-unsaturated/α-hetero) is 1. The molecule has 176 valence electrons. The summed E-state index contributed by atoms with van der Waals surface area (Å²) in [6.07, 6.45) is 3.34. The van der Waals surface area contributed by atoms with Gasteiger partial charge in [-0.25, -0.2) is 0 Å². The molecular weight excluding hydrogens is 428 g/mol. The summed E-state index contributed by atoms with van der Waals surface area (Å²) in [6.45, 7) is 10.2. The Kier molecular flexibility index (Phi) is 5.89. The normalized spacial score (nSPS) is 18.1.